The summed E-state index contributed by atoms with van der Waals surface area (Å²) in [5.74, 6) is -1.17. The van der Waals surface area contributed by atoms with Gasteiger partial charge >= 0.3 is 5.97 Å². The maximum absolute atomic E-state index is 11.4. The number of H-pyrrole nitrogens is 1. The van der Waals surface area contributed by atoms with Crippen molar-refractivity contribution in [2.75, 3.05) is 6.54 Å². The molecule has 0 saturated carbocycles. The first-order valence-electron chi connectivity index (χ1n) is 6.61. The molecule has 0 unspecified atom stereocenters. The van der Waals surface area contributed by atoms with E-state index in [-0.39, 0.29) is 18.7 Å². The molecule has 1 heterocycles. The second-order valence-corrected chi connectivity index (χ2v) is 4.86. The van der Waals surface area contributed by atoms with Crippen molar-refractivity contribution in [3.8, 4) is 0 Å². The molecule has 106 valence electrons. The molecule has 0 bridgehead atoms. The molecule has 2 aromatic rings. The molecular weight excluding hydrogens is 256 g/mol. The summed E-state index contributed by atoms with van der Waals surface area (Å²) < 4.78 is 0. The van der Waals surface area contributed by atoms with Gasteiger partial charge in [-0.3, -0.25) is 9.59 Å². The van der Waals surface area contributed by atoms with E-state index in [1.165, 1.54) is 5.56 Å². The molecular formula is C15H18N2O3. The Kier molecular flexibility index (Phi) is 4.40. The molecule has 20 heavy (non-hydrogen) atoms. The van der Waals surface area contributed by atoms with Crippen molar-refractivity contribution in [3.63, 3.8) is 0 Å². The number of benzene rings is 1. The van der Waals surface area contributed by atoms with Gasteiger partial charge in [-0.1, -0.05) is 12.1 Å². The van der Waals surface area contributed by atoms with Gasteiger partial charge in [-0.25, -0.2) is 0 Å². The van der Waals surface area contributed by atoms with Gasteiger partial charge in [0.25, 0.3) is 0 Å². The van der Waals surface area contributed by atoms with Gasteiger partial charge in [-0.05, 0) is 30.5 Å². The SMILES string of the molecule is Cc1ccc2c(CCNC(=O)CCC(=O)O)c[nH]c2c1. The molecule has 0 aliphatic rings. The number of carboxylic acids is 1. The summed E-state index contributed by atoms with van der Waals surface area (Å²) in [7, 11) is 0. The molecule has 0 aliphatic heterocycles. The summed E-state index contributed by atoms with van der Waals surface area (Å²) >= 11 is 0. The highest BCUT2D eigenvalue weighted by molar-refractivity contribution is 5.84. The molecule has 1 amide bonds. The van der Waals surface area contributed by atoms with Crippen LogP contribution < -0.4 is 5.32 Å². The van der Waals surface area contributed by atoms with Crippen molar-refractivity contribution in [1.29, 1.82) is 0 Å². The number of aryl methyl sites for hydroxylation is 1. The van der Waals surface area contributed by atoms with Crippen LogP contribution >= 0.6 is 0 Å². The Labute approximate surface area is 117 Å². The summed E-state index contributed by atoms with van der Waals surface area (Å²) in [5, 5.41) is 12.4. The minimum absolute atomic E-state index is 0.0302. The number of carboxylic acid groups (broad SMARTS) is 1. The summed E-state index contributed by atoms with van der Waals surface area (Å²) in [6.07, 6.45) is 2.58. The Morgan fingerprint density at radius 2 is 2.10 bits per heavy atom. The van der Waals surface area contributed by atoms with E-state index in [0.29, 0.717) is 6.54 Å². The number of rotatable bonds is 6. The number of fused-ring (bicyclic) bond motifs is 1. The first-order valence-corrected chi connectivity index (χ1v) is 6.61. The highest BCUT2D eigenvalue weighted by atomic mass is 16.4. The third kappa shape index (κ3) is 3.60. The summed E-state index contributed by atoms with van der Waals surface area (Å²) in [4.78, 5) is 25.0. The van der Waals surface area contributed by atoms with E-state index in [9.17, 15) is 9.59 Å². The van der Waals surface area contributed by atoms with Gasteiger partial charge < -0.3 is 15.4 Å². The lowest BCUT2D eigenvalue weighted by Gasteiger charge is -2.03. The highest BCUT2D eigenvalue weighted by Gasteiger charge is 2.06. The third-order valence-electron chi connectivity index (χ3n) is 3.21. The zero-order valence-corrected chi connectivity index (χ0v) is 11.4. The van der Waals surface area contributed by atoms with Crippen molar-refractivity contribution >= 4 is 22.8 Å². The van der Waals surface area contributed by atoms with E-state index in [0.717, 1.165) is 22.9 Å². The van der Waals surface area contributed by atoms with Crippen LogP contribution in [-0.2, 0) is 16.0 Å². The van der Waals surface area contributed by atoms with Crippen LogP contribution in [0.1, 0.15) is 24.0 Å². The van der Waals surface area contributed by atoms with Crippen molar-refractivity contribution in [2.45, 2.75) is 26.2 Å². The number of carbonyl (C=O) groups excluding carboxylic acids is 1. The van der Waals surface area contributed by atoms with Crippen LogP contribution in [0.3, 0.4) is 0 Å². The Hall–Kier alpha value is -2.30. The number of nitrogens with one attached hydrogen (secondary N) is 2. The van der Waals surface area contributed by atoms with Crippen LogP contribution in [0.5, 0.6) is 0 Å². The van der Waals surface area contributed by atoms with Crippen molar-refractivity contribution < 1.29 is 14.7 Å². The monoisotopic (exact) mass is 274 g/mol. The van der Waals surface area contributed by atoms with Crippen LogP contribution in [-0.4, -0.2) is 28.5 Å². The number of aromatic amines is 1. The van der Waals surface area contributed by atoms with Crippen LogP contribution in [0, 0.1) is 6.92 Å². The number of hydrogen-bond donors (Lipinski definition) is 3. The maximum Gasteiger partial charge on any atom is 0.303 e. The molecule has 3 N–H and O–H groups in total. The van der Waals surface area contributed by atoms with Crippen molar-refractivity contribution in [1.82, 2.24) is 10.3 Å². The number of carbonyl (C=O) groups is 2. The molecule has 0 saturated heterocycles. The van der Waals surface area contributed by atoms with Gasteiger partial charge in [-0.2, -0.15) is 0 Å². The molecule has 0 radical (unpaired) electrons. The molecule has 5 heteroatoms. The second-order valence-electron chi connectivity index (χ2n) is 4.86. The molecule has 0 atom stereocenters. The van der Waals surface area contributed by atoms with Gasteiger partial charge in [0.05, 0.1) is 6.42 Å². The number of hydrogen-bond acceptors (Lipinski definition) is 2. The number of aromatic nitrogens is 1. The zero-order valence-electron chi connectivity index (χ0n) is 11.4. The Morgan fingerprint density at radius 3 is 2.85 bits per heavy atom. The van der Waals surface area contributed by atoms with E-state index in [1.807, 2.05) is 13.1 Å². The van der Waals surface area contributed by atoms with Gasteiger partial charge in [0.15, 0.2) is 0 Å². The minimum atomic E-state index is -0.952. The van der Waals surface area contributed by atoms with Gasteiger partial charge in [0.2, 0.25) is 5.91 Å². The Balaban J connectivity index is 1.87. The minimum Gasteiger partial charge on any atom is -0.481 e. The van der Waals surface area contributed by atoms with Gasteiger partial charge in [-0.15, -0.1) is 0 Å². The average molecular weight is 274 g/mol. The summed E-state index contributed by atoms with van der Waals surface area (Å²) in [5.41, 5.74) is 3.45. The van der Waals surface area contributed by atoms with Crippen molar-refractivity contribution in [2.24, 2.45) is 0 Å². The molecule has 2 rings (SSSR count). The van der Waals surface area contributed by atoms with Crippen LogP contribution in [0.15, 0.2) is 24.4 Å². The lowest BCUT2D eigenvalue weighted by molar-refractivity contribution is -0.138. The van der Waals surface area contributed by atoms with Gasteiger partial charge in [0.1, 0.15) is 0 Å². The standard InChI is InChI=1S/C15H18N2O3/c1-10-2-3-12-11(9-17-13(12)8-10)6-7-16-14(18)4-5-15(19)20/h2-3,8-9,17H,4-7H2,1H3,(H,16,18)(H,19,20). The lowest BCUT2D eigenvalue weighted by atomic mass is 10.1. The number of amides is 1. The predicted octanol–water partition coefficient (Wildman–Crippen LogP) is 2.00. The molecule has 1 aromatic carbocycles. The first-order chi connectivity index (χ1) is 9.56. The fraction of sp³-hybridized carbons (Fsp3) is 0.333. The molecule has 1 aromatic heterocycles. The van der Waals surface area contributed by atoms with E-state index < -0.39 is 5.97 Å². The Bertz CT molecular complexity index is 631. The van der Waals surface area contributed by atoms with Crippen molar-refractivity contribution in [3.05, 3.63) is 35.5 Å². The molecule has 0 aliphatic carbocycles. The maximum atomic E-state index is 11.4. The highest BCUT2D eigenvalue weighted by Crippen LogP contribution is 2.19. The fourth-order valence-corrected chi connectivity index (χ4v) is 2.15. The second kappa shape index (κ2) is 6.23. The smallest absolute Gasteiger partial charge is 0.303 e. The first kappa shape index (κ1) is 14.1. The average Bonchev–Trinajstić information content (AvgIpc) is 2.79. The largest absolute Gasteiger partial charge is 0.481 e. The van der Waals surface area contributed by atoms with E-state index in [2.05, 4.69) is 28.5 Å². The molecule has 0 fully saturated rings. The fourth-order valence-electron chi connectivity index (χ4n) is 2.15. The van der Waals surface area contributed by atoms with E-state index in [1.54, 1.807) is 0 Å². The topological polar surface area (TPSA) is 82.2 Å². The predicted molar refractivity (Wildman–Crippen MR) is 76.6 cm³/mol. The van der Waals surface area contributed by atoms with E-state index >= 15 is 0 Å². The summed E-state index contributed by atoms with van der Waals surface area (Å²) in [6, 6.07) is 6.22. The van der Waals surface area contributed by atoms with E-state index in [4.69, 9.17) is 5.11 Å². The third-order valence-corrected chi connectivity index (χ3v) is 3.21. The normalized spacial score (nSPS) is 10.7. The van der Waals surface area contributed by atoms with Crippen LogP contribution in [0.4, 0.5) is 0 Å². The van der Waals surface area contributed by atoms with Crippen LogP contribution in [0.25, 0.3) is 10.9 Å². The van der Waals surface area contributed by atoms with Gasteiger partial charge in [0, 0.05) is 30.1 Å². The lowest BCUT2D eigenvalue weighted by Crippen LogP contribution is -2.25. The molecule has 5 nitrogen and oxygen atoms in total. The zero-order chi connectivity index (χ0) is 14.5. The Morgan fingerprint density at radius 1 is 1.30 bits per heavy atom. The quantitative estimate of drug-likeness (QED) is 0.753. The number of aliphatic carboxylic acids is 1. The summed E-state index contributed by atoms with van der Waals surface area (Å²) in [6.45, 7) is 2.56. The van der Waals surface area contributed by atoms with Crippen LogP contribution in [0.2, 0.25) is 0 Å². The molecule has 0 spiro atoms.